The lowest BCUT2D eigenvalue weighted by molar-refractivity contribution is -0.148. The van der Waals surface area contributed by atoms with Crippen molar-refractivity contribution in [3.05, 3.63) is 48.6 Å². The van der Waals surface area contributed by atoms with Gasteiger partial charge >= 0.3 is 6.09 Å². The number of imide groups is 1. The number of hydrogen-bond donors (Lipinski definition) is 1. The van der Waals surface area contributed by atoms with Gasteiger partial charge in [0.2, 0.25) is 5.91 Å². The molecule has 1 atom stereocenters. The Morgan fingerprint density at radius 3 is 2.60 bits per heavy atom. The molecule has 1 fully saturated rings. The molecule has 1 aromatic rings. The van der Waals surface area contributed by atoms with Crippen LogP contribution in [-0.2, 0) is 4.79 Å². The van der Waals surface area contributed by atoms with Crippen LogP contribution in [0.15, 0.2) is 43.0 Å². The third kappa shape index (κ3) is 3.69. The number of benzene rings is 1. The maximum Gasteiger partial charge on any atom is 0.408 e. The number of allylic oxidation sites excluding steroid dienone is 1. The van der Waals surface area contributed by atoms with E-state index < -0.39 is 23.3 Å². The molecule has 7 heteroatoms. The van der Waals surface area contributed by atoms with Crippen LogP contribution in [0.4, 0.5) is 4.79 Å². The lowest BCUT2D eigenvalue weighted by Crippen LogP contribution is -2.61. The first kappa shape index (κ1) is 18.2. The summed E-state index contributed by atoms with van der Waals surface area (Å²) in [6.07, 6.45) is 0.738. The van der Waals surface area contributed by atoms with Crippen LogP contribution in [0.2, 0.25) is 0 Å². The van der Waals surface area contributed by atoms with Gasteiger partial charge in [-0.2, -0.15) is 5.26 Å². The van der Waals surface area contributed by atoms with Crippen LogP contribution in [0.1, 0.15) is 29.6 Å². The Bertz CT molecular complexity index is 726. The van der Waals surface area contributed by atoms with Gasteiger partial charge in [-0.3, -0.25) is 19.4 Å². The third-order valence-corrected chi connectivity index (χ3v) is 4.29. The summed E-state index contributed by atoms with van der Waals surface area (Å²) in [5.41, 5.74) is -0.852. The molecule has 1 aliphatic heterocycles. The average Bonchev–Trinajstić information content (AvgIpc) is 2.62. The fraction of sp³-hybridized carbons (Fsp3) is 0.333. The number of nitriles is 1. The predicted octanol–water partition coefficient (Wildman–Crippen LogP) is 2.47. The topological polar surface area (TPSA) is 102 Å². The maximum absolute atomic E-state index is 13.1. The van der Waals surface area contributed by atoms with Gasteiger partial charge in [0.05, 0.1) is 11.5 Å². The standard InChI is InChI=1S/C18H19N3O4/c1-2-9-18(10-6-11-19)12-20(17(24)25)13-21(16(18)23)15(22)14-7-4-3-5-8-14/h2-5,7-8H,1,6,9-10,12-13H2,(H,24,25). The van der Waals surface area contributed by atoms with Gasteiger partial charge in [0.25, 0.3) is 5.91 Å². The van der Waals surface area contributed by atoms with E-state index in [-0.39, 0.29) is 32.5 Å². The fourth-order valence-electron chi connectivity index (χ4n) is 3.04. The lowest BCUT2D eigenvalue weighted by Gasteiger charge is -2.44. The Morgan fingerprint density at radius 2 is 2.04 bits per heavy atom. The van der Waals surface area contributed by atoms with Crippen molar-refractivity contribution in [2.75, 3.05) is 13.2 Å². The molecular weight excluding hydrogens is 322 g/mol. The molecule has 1 saturated heterocycles. The number of nitrogens with zero attached hydrogens (tertiary/aromatic N) is 3. The molecule has 3 amide bonds. The molecule has 0 saturated carbocycles. The Kier molecular flexibility index (Phi) is 5.55. The van der Waals surface area contributed by atoms with E-state index in [1.165, 1.54) is 6.08 Å². The van der Waals surface area contributed by atoms with Crippen LogP contribution >= 0.6 is 0 Å². The second kappa shape index (κ2) is 7.62. The molecule has 2 rings (SSSR count). The zero-order valence-corrected chi connectivity index (χ0v) is 13.7. The number of amides is 3. The van der Waals surface area contributed by atoms with Gasteiger partial charge in [-0.05, 0) is 25.0 Å². The first-order valence-corrected chi connectivity index (χ1v) is 7.82. The van der Waals surface area contributed by atoms with Crippen molar-refractivity contribution in [2.24, 2.45) is 5.41 Å². The molecule has 130 valence electrons. The zero-order valence-electron chi connectivity index (χ0n) is 13.7. The minimum atomic E-state index is -1.22. The molecular formula is C18H19N3O4. The summed E-state index contributed by atoms with van der Waals surface area (Å²) in [4.78, 5) is 39.3. The van der Waals surface area contributed by atoms with Gasteiger partial charge in [-0.25, -0.2) is 4.79 Å². The Balaban J connectivity index is 2.43. The number of hydrogen-bond acceptors (Lipinski definition) is 4. The van der Waals surface area contributed by atoms with E-state index in [0.717, 1.165) is 9.80 Å². The molecule has 0 aliphatic carbocycles. The fourth-order valence-corrected chi connectivity index (χ4v) is 3.04. The lowest BCUT2D eigenvalue weighted by atomic mass is 9.77. The van der Waals surface area contributed by atoms with E-state index >= 15 is 0 Å². The highest BCUT2D eigenvalue weighted by Crippen LogP contribution is 2.36. The van der Waals surface area contributed by atoms with E-state index in [0.29, 0.717) is 5.56 Å². The highest BCUT2D eigenvalue weighted by Gasteiger charge is 2.48. The zero-order chi connectivity index (χ0) is 18.4. The monoisotopic (exact) mass is 341 g/mol. The van der Waals surface area contributed by atoms with E-state index in [9.17, 15) is 19.5 Å². The Hall–Kier alpha value is -3.14. The second-order valence-corrected chi connectivity index (χ2v) is 5.96. The third-order valence-electron chi connectivity index (χ3n) is 4.29. The normalized spacial score (nSPS) is 20.0. The van der Waals surface area contributed by atoms with Crippen molar-refractivity contribution in [2.45, 2.75) is 19.3 Å². The smallest absolute Gasteiger partial charge is 0.408 e. The molecule has 0 radical (unpaired) electrons. The summed E-state index contributed by atoms with van der Waals surface area (Å²) in [5.74, 6) is -1.02. The number of carbonyl (C=O) groups excluding carboxylic acids is 2. The summed E-state index contributed by atoms with van der Waals surface area (Å²) in [6.45, 7) is 3.25. The van der Waals surface area contributed by atoms with E-state index in [2.05, 4.69) is 6.58 Å². The number of rotatable bonds is 5. The molecule has 1 heterocycles. The first-order chi connectivity index (χ1) is 11.9. The van der Waals surface area contributed by atoms with Crippen molar-refractivity contribution in [3.63, 3.8) is 0 Å². The molecule has 1 N–H and O–H groups in total. The quantitative estimate of drug-likeness (QED) is 0.655. The molecule has 0 bridgehead atoms. The van der Waals surface area contributed by atoms with Crippen LogP contribution < -0.4 is 0 Å². The SMILES string of the molecule is C=CCC1(CCC#N)CN(C(=O)O)CN(C(=O)c2ccccc2)C1=O. The molecule has 1 aliphatic rings. The van der Waals surface area contributed by atoms with Crippen molar-refractivity contribution < 1.29 is 19.5 Å². The summed E-state index contributed by atoms with van der Waals surface area (Å²) in [6, 6.07) is 10.2. The van der Waals surface area contributed by atoms with Crippen LogP contribution in [0.25, 0.3) is 0 Å². The summed E-state index contributed by atoms with van der Waals surface area (Å²) in [7, 11) is 0. The molecule has 1 unspecified atom stereocenters. The molecule has 0 spiro atoms. The van der Waals surface area contributed by atoms with Gasteiger partial charge in [0.15, 0.2) is 0 Å². The largest absolute Gasteiger partial charge is 0.465 e. The average molecular weight is 341 g/mol. The van der Waals surface area contributed by atoms with Crippen LogP contribution in [-0.4, -0.2) is 46.0 Å². The molecule has 1 aromatic carbocycles. The van der Waals surface area contributed by atoms with E-state index in [1.54, 1.807) is 30.3 Å². The van der Waals surface area contributed by atoms with Gasteiger partial charge < -0.3 is 5.11 Å². The van der Waals surface area contributed by atoms with Crippen LogP contribution in [0.3, 0.4) is 0 Å². The van der Waals surface area contributed by atoms with E-state index in [1.807, 2.05) is 6.07 Å². The molecule has 0 aromatic heterocycles. The number of carbonyl (C=O) groups is 3. The predicted molar refractivity (Wildman–Crippen MR) is 89.3 cm³/mol. The van der Waals surface area contributed by atoms with Crippen LogP contribution in [0, 0.1) is 16.7 Å². The van der Waals surface area contributed by atoms with E-state index in [4.69, 9.17) is 5.26 Å². The van der Waals surface area contributed by atoms with Gasteiger partial charge in [-0.1, -0.05) is 24.3 Å². The second-order valence-electron chi connectivity index (χ2n) is 5.96. The maximum atomic E-state index is 13.1. The molecule has 25 heavy (non-hydrogen) atoms. The van der Waals surface area contributed by atoms with Gasteiger partial charge in [0, 0.05) is 18.5 Å². The van der Waals surface area contributed by atoms with Crippen molar-refractivity contribution >= 4 is 17.9 Å². The summed E-state index contributed by atoms with van der Waals surface area (Å²) in [5, 5.41) is 18.3. The summed E-state index contributed by atoms with van der Waals surface area (Å²) >= 11 is 0. The van der Waals surface area contributed by atoms with Crippen molar-refractivity contribution in [1.82, 2.24) is 9.80 Å². The van der Waals surface area contributed by atoms with Crippen molar-refractivity contribution in [3.8, 4) is 6.07 Å². The highest BCUT2D eigenvalue weighted by atomic mass is 16.4. The Labute approximate surface area is 145 Å². The highest BCUT2D eigenvalue weighted by molar-refractivity contribution is 6.07. The number of carboxylic acid groups (broad SMARTS) is 1. The summed E-state index contributed by atoms with van der Waals surface area (Å²) < 4.78 is 0. The van der Waals surface area contributed by atoms with Gasteiger partial charge in [0.1, 0.15) is 6.67 Å². The van der Waals surface area contributed by atoms with Crippen molar-refractivity contribution in [1.29, 1.82) is 5.26 Å². The Morgan fingerprint density at radius 1 is 1.36 bits per heavy atom. The minimum Gasteiger partial charge on any atom is -0.465 e. The first-order valence-electron chi connectivity index (χ1n) is 7.82. The van der Waals surface area contributed by atoms with Crippen LogP contribution in [0.5, 0.6) is 0 Å². The molecule has 7 nitrogen and oxygen atoms in total. The van der Waals surface area contributed by atoms with Gasteiger partial charge in [-0.15, -0.1) is 6.58 Å². The minimum absolute atomic E-state index is 0.0621.